The number of carbonyl (C=O) groups is 1. The van der Waals surface area contributed by atoms with Gasteiger partial charge in [-0.3, -0.25) is 9.69 Å². The Bertz CT molecular complexity index is 908. The fourth-order valence-electron chi connectivity index (χ4n) is 5.62. The number of hydrogen-bond acceptors (Lipinski definition) is 6. The lowest BCUT2D eigenvalue weighted by molar-refractivity contribution is -0.138. The number of morpholine rings is 1. The molecule has 32 heavy (non-hydrogen) atoms. The number of rotatable bonds is 3. The molecule has 0 aromatic carbocycles. The third-order valence-electron chi connectivity index (χ3n) is 7.55. The summed E-state index contributed by atoms with van der Waals surface area (Å²) in [5.74, 6) is 1.43. The van der Waals surface area contributed by atoms with E-state index in [2.05, 4.69) is 45.2 Å². The van der Waals surface area contributed by atoms with E-state index in [0.717, 1.165) is 74.8 Å². The van der Waals surface area contributed by atoms with Crippen molar-refractivity contribution in [3.05, 3.63) is 47.4 Å². The molecule has 7 nitrogen and oxygen atoms in total. The van der Waals surface area contributed by atoms with E-state index in [9.17, 15) is 4.79 Å². The number of carbonyl (C=O) groups excluding carboxylic acids is 1. The summed E-state index contributed by atoms with van der Waals surface area (Å²) in [6.45, 7) is 6.16. The largest absolute Gasteiger partial charge is 0.381 e. The van der Waals surface area contributed by atoms with Crippen LogP contribution in [0.3, 0.4) is 0 Å². The molecule has 1 saturated carbocycles. The van der Waals surface area contributed by atoms with Crippen molar-refractivity contribution in [2.24, 2.45) is 11.8 Å². The monoisotopic (exact) mass is 438 g/mol. The van der Waals surface area contributed by atoms with Crippen LogP contribution in [0, 0.1) is 11.8 Å². The van der Waals surface area contributed by atoms with Crippen molar-refractivity contribution < 1.29 is 14.3 Å². The molecule has 1 aromatic heterocycles. The molecule has 0 spiro atoms. The molecule has 4 aliphatic rings. The highest BCUT2D eigenvalue weighted by Gasteiger charge is 2.38. The lowest BCUT2D eigenvalue weighted by atomic mass is 9.78. The number of hydrogen-bond donors (Lipinski definition) is 1. The van der Waals surface area contributed by atoms with Crippen molar-refractivity contribution in [2.75, 3.05) is 38.7 Å². The van der Waals surface area contributed by atoms with Gasteiger partial charge in [0.15, 0.2) is 0 Å². The SMILES string of the molecule is CO[C@@H]1CC[C@H](C(=O)N2Cc3cccnc3NC3=C2C[C@H](N2CCOCC2)C=C3)[C@H](C)C1. The van der Waals surface area contributed by atoms with E-state index in [-0.39, 0.29) is 24.0 Å². The first kappa shape index (κ1) is 21.6. The zero-order chi connectivity index (χ0) is 22.1. The van der Waals surface area contributed by atoms with Crippen LogP contribution in [0.1, 0.15) is 38.2 Å². The molecule has 0 bridgehead atoms. The molecule has 1 N–H and O–H groups in total. The molecule has 2 fully saturated rings. The fourth-order valence-corrected chi connectivity index (χ4v) is 5.62. The van der Waals surface area contributed by atoms with Gasteiger partial charge in [0.25, 0.3) is 0 Å². The number of pyridine rings is 1. The molecule has 2 aliphatic carbocycles. The highest BCUT2D eigenvalue weighted by molar-refractivity contribution is 5.82. The van der Waals surface area contributed by atoms with Crippen LogP contribution in [0.25, 0.3) is 0 Å². The first-order valence-corrected chi connectivity index (χ1v) is 11.9. The van der Waals surface area contributed by atoms with E-state index < -0.39 is 0 Å². The van der Waals surface area contributed by atoms with Crippen molar-refractivity contribution in [1.29, 1.82) is 0 Å². The van der Waals surface area contributed by atoms with E-state index in [1.807, 2.05) is 6.07 Å². The summed E-state index contributed by atoms with van der Waals surface area (Å²) in [6, 6.07) is 4.31. The van der Waals surface area contributed by atoms with Crippen molar-refractivity contribution in [3.63, 3.8) is 0 Å². The van der Waals surface area contributed by atoms with Crippen LogP contribution < -0.4 is 5.32 Å². The second-order valence-corrected chi connectivity index (χ2v) is 9.45. The third-order valence-corrected chi connectivity index (χ3v) is 7.55. The van der Waals surface area contributed by atoms with Crippen molar-refractivity contribution in [1.82, 2.24) is 14.8 Å². The second-order valence-electron chi connectivity index (χ2n) is 9.45. The molecular weight excluding hydrogens is 404 g/mol. The Hall–Kier alpha value is -2.22. The summed E-state index contributed by atoms with van der Waals surface area (Å²) in [6.07, 6.45) is 10.1. The topological polar surface area (TPSA) is 66.9 Å². The third kappa shape index (κ3) is 4.21. The van der Waals surface area contributed by atoms with E-state index in [0.29, 0.717) is 12.5 Å². The number of ether oxygens (including phenoxy) is 2. The molecule has 3 heterocycles. The second kappa shape index (κ2) is 9.33. The summed E-state index contributed by atoms with van der Waals surface area (Å²) in [4.78, 5) is 23.1. The fraction of sp³-hybridized carbons (Fsp3) is 0.600. The van der Waals surface area contributed by atoms with E-state index in [4.69, 9.17) is 9.47 Å². The van der Waals surface area contributed by atoms with Gasteiger partial charge in [0.1, 0.15) is 5.82 Å². The Labute approximate surface area is 190 Å². The van der Waals surface area contributed by atoms with Gasteiger partial charge >= 0.3 is 0 Å². The predicted molar refractivity (Wildman–Crippen MR) is 123 cm³/mol. The van der Waals surface area contributed by atoms with Crippen LogP contribution in [0.15, 0.2) is 41.9 Å². The average molecular weight is 439 g/mol. The Morgan fingerprint density at radius 2 is 2.12 bits per heavy atom. The van der Waals surface area contributed by atoms with Gasteiger partial charge in [-0.15, -0.1) is 0 Å². The zero-order valence-electron chi connectivity index (χ0n) is 19.1. The standard InChI is InChI=1S/C25H34N4O3/c1-17-14-20(31-2)6-7-21(17)25(30)29-16-18-4-3-9-26-24(18)27-22-8-5-19(15-23(22)29)28-10-12-32-13-11-28/h3-5,8-9,17,19-21H,6-7,10-16H2,1-2H3,(H,26,27)/t17-,19-,20-,21+/m1/s1. The number of aromatic nitrogens is 1. The summed E-state index contributed by atoms with van der Waals surface area (Å²) in [5, 5.41) is 3.52. The van der Waals surface area contributed by atoms with Crippen LogP contribution in [0.5, 0.6) is 0 Å². The molecular formula is C25H34N4O3. The molecule has 1 saturated heterocycles. The lowest BCUT2D eigenvalue weighted by Gasteiger charge is -2.39. The van der Waals surface area contributed by atoms with Gasteiger partial charge in [-0.2, -0.15) is 0 Å². The van der Waals surface area contributed by atoms with E-state index >= 15 is 0 Å². The zero-order valence-corrected chi connectivity index (χ0v) is 19.1. The Balaban J connectivity index is 1.44. The van der Waals surface area contributed by atoms with Gasteiger partial charge in [0, 0.05) is 56.0 Å². The molecule has 0 radical (unpaired) electrons. The molecule has 7 heteroatoms. The number of methoxy groups -OCH3 is 1. The van der Waals surface area contributed by atoms with Crippen molar-refractivity contribution >= 4 is 11.7 Å². The minimum absolute atomic E-state index is 0.0288. The summed E-state index contributed by atoms with van der Waals surface area (Å²) in [7, 11) is 1.78. The molecule has 0 unspecified atom stereocenters. The molecule has 4 atom stereocenters. The number of amides is 1. The molecule has 172 valence electrons. The summed E-state index contributed by atoms with van der Waals surface area (Å²) >= 11 is 0. The highest BCUT2D eigenvalue weighted by atomic mass is 16.5. The van der Waals surface area contributed by atoms with Crippen LogP contribution in [-0.4, -0.2) is 66.2 Å². The van der Waals surface area contributed by atoms with Gasteiger partial charge in [0.05, 0.1) is 31.6 Å². The maximum absolute atomic E-state index is 14.0. The molecule has 2 aliphatic heterocycles. The van der Waals surface area contributed by atoms with Gasteiger partial charge < -0.3 is 19.7 Å². The molecule has 5 rings (SSSR count). The maximum Gasteiger partial charge on any atom is 0.230 e. The highest BCUT2D eigenvalue weighted by Crippen LogP contribution is 2.38. The van der Waals surface area contributed by atoms with E-state index in [1.54, 1.807) is 13.3 Å². The lowest BCUT2D eigenvalue weighted by Crippen LogP contribution is -2.46. The van der Waals surface area contributed by atoms with Crippen LogP contribution in [-0.2, 0) is 20.8 Å². The number of allylic oxidation sites excluding steroid dienone is 1. The summed E-state index contributed by atoms with van der Waals surface area (Å²) in [5.41, 5.74) is 3.15. The minimum atomic E-state index is 0.0288. The Morgan fingerprint density at radius 3 is 2.91 bits per heavy atom. The average Bonchev–Trinajstić information content (AvgIpc) is 3.00. The maximum atomic E-state index is 14.0. The van der Waals surface area contributed by atoms with Crippen LogP contribution in [0.4, 0.5) is 5.82 Å². The van der Waals surface area contributed by atoms with E-state index in [1.165, 1.54) is 0 Å². The van der Waals surface area contributed by atoms with Crippen LogP contribution >= 0.6 is 0 Å². The number of fused-ring (bicyclic) bond motifs is 1. The first-order chi connectivity index (χ1) is 15.6. The van der Waals surface area contributed by atoms with Crippen molar-refractivity contribution in [2.45, 2.75) is 51.3 Å². The molecule has 1 amide bonds. The smallest absolute Gasteiger partial charge is 0.230 e. The van der Waals surface area contributed by atoms with Crippen molar-refractivity contribution in [3.8, 4) is 0 Å². The van der Waals surface area contributed by atoms with Crippen LogP contribution in [0.2, 0.25) is 0 Å². The predicted octanol–water partition coefficient (Wildman–Crippen LogP) is 3.16. The quantitative estimate of drug-likeness (QED) is 0.782. The summed E-state index contributed by atoms with van der Waals surface area (Å²) < 4.78 is 11.1. The number of anilines is 1. The Morgan fingerprint density at radius 1 is 1.28 bits per heavy atom. The normalized spacial score (nSPS) is 30.9. The van der Waals surface area contributed by atoms with Gasteiger partial charge in [-0.1, -0.05) is 19.1 Å². The van der Waals surface area contributed by atoms with Gasteiger partial charge in [-0.25, -0.2) is 4.98 Å². The van der Waals surface area contributed by atoms with Gasteiger partial charge in [0.2, 0.25) is 5.91 Å². The van der Waals surface area contributed by atoms with Gasteiger partial charge in [-0.05, 0) is 37.3 Å². The number of nitrogens with one attached hydrogen (secondary N) is 1. The first-order valence-electron chi connectivity index (χ1n) is 11.9. The Kier molecular flexibility index (Phi) is 6.31. The molecule has 1 aromatic rings. The number of nitrogens with zero attached hydrogens (tertiary/aromatic N) is 3. The minimum Gasteiger partial charge on any atom is -0.381 e.